The lowest BCUT2D eigenvalue weighted by atomic mass is 10.1. The molecular weight excluding hydrogens is 310 g/mol. The van der Waals surface area contributed by atoms with Gasteiger partial charge in [-0.2, -0.15) is 0 Å². The zero-order valence-electron chi connectivity index (χ0n) is 14.1. The average Bonchev–Trinajstić information content (AvgIpc) is 2.64. The highest BCUT2D eigenvalue weighted by molar-refractivity contribution is 6.02. The molecule has 1 fully saturated rings. The standard InChI is InChI=1S/C18H25N3O.ClH/c1-12-7-6-9-15-13(2)17(20(3)16(12)15)18(22)21-10-5-4-8-14(19)11-21;/h6-7,9,14H,4-5,8,10-11,19H2,1-3H3;1H. The molecule has 0 aliphatic carbocycles. The first-order chi connectivity index (χ1) is 10.5. The van der Waals surface area contributed by atoms with Gasteiger partial charge >= 0.3 is 0 Å². The Morgan fingerprint density at radius 2 is 2.00 bits per heavy atom. The van der Waals surface area contributed by atoms with Gasteiger partial charge in [-0.25, -0.2) is 0 Å². The third-order valence-electron chi connectivity index (χ3n) is 4.87. The molecule has 1 saturated heterocycles. The Bertz CT molecular complexity index is 723. The zero-order valence-corrected chi connectivity index (χ0v) is 14.9. The number of carbonyl (C=O) groups is 1. The van der Waals surface area contributed by atoms with Crippen molar-refractivity contribution in [1.82, 2.24) is 9.47 Å². The molecule has 5 heteroatoms. The molecule has 0 radical (unpaired) electrons. The lowest BCUT2D eigenvalue weighted by Gasteiger charge is -2.23. The third kappa shape index (κ3) is 3.10. The lowest BCUT2D eigenvalue weighted by molar-refractivity contribution is 0.0745. The summed E-state index contributed by atoms with van der Waals surface area (Å²) < 4.78 is 2.05. The van der Waals surface area contributed by atoms with E-state index in [-0.39, 0.29) is 24.4 Å². The van der Waals surface area contributed by atoms with E-state index in [0.717, 1.165) is 42.6 Å². The number of aromatic nitrogens is 1. The van der Waals surface area contributed by atoms with Gasteiger partial charge in [0.05, 0.1) is 5.52 Å². The number of aryl methyl sites for hydroxylation is 3. The quantitative estimate of drug-likeness (QED) is 0.870. The number of likely N-dealkylation sites (tertiary alicyclic amines) is 1. The second-order valence-corrected chi connectivity index (χ2v) is 6.51. The minimum atomic E-state index is 0. The Morgan fingerprint density at radius 1 is 1.26 bits per heavy atom. The molecule has 2 heterocycles. The molecule has 23 heavy (non-hydrogen) atoms. The first-order valence-corrected chi connectivity index (χ1v) is 8.10. The molecule has 1 aliphatic heterocycles. The van der Waals surface area contributed by atoms with Crippen LogP contribution in [-0.4, -0.2) is 34.5 Å². The van der Waals surface area contributed by atoms with Crippen LogP contribution >= 0.6 is 12.4 Å². The monoisotopic (exact) mass is 335 g/mol. The van der Waals surface area contributed by atoms with Gasteiger partial charge in [0, 0.05) is 31.6 Å². The van der Waals surface area contributed by atoms with Gasteiger partial charge in [0.25, 0.3) is 5.91 Å². The molecule has 0 bridgehead atoms. The Hall–Kier alpha value is -1.52. The maximum Gasteiger partial charge on any atom is 0.270 e. The normalized spacial score (nSPS) is 18.6. The highest BCUT2D eigenvalue weighted by Crippen LogP contribution is 2.28. The first kappa shape index (κ1) is 17.8. The van der Waals surface area contributed by atoms with Crippen LogP contribution in [0.5, 0.6) is 0 Å². The molecule has 1 aromatic carbocycles. The van der Waals surface area contributed by atoms with Gasteiger partial charge in [0.1, 0.15) is 5.69 Å². The molecule has 2 N–H and O–H groups in total. The molecule has 4 nitrogen and oxygen atoms in total. The van der Waals surface area contributed by atoms with Crippen LogP contribution in [-0.2, 0) is 7.05 Å². The van der Waals surface area contributed by atoms with Crippen LogP contribution in [0.4, 0.5) is 0 Å². The van der Waals surface area contributed by atoms with E-state index < -0.39 is 0 Å². The van der Waals surface area contributed by atoms with E-state index in [9.17, 15) is 4.79 Å². The van der Waals surface area contributed by atoms with Crippen LogP contribution in [0, 0.1) is 13.8 Å². The molecule has 3 rings (SSSR count). The second kappa shape index (κ2) is 6.93. The number of amides is 1. The fraction of sp³-hybridized carbons (Fsp3) is 0.500. The number of para-hydroxylation sites is 1. The molecule has 1 aromatic heterocycles. The van der Waals surface area contributed by atoms with Crippen LogP contribution in [0.3, 0.4) is 0 Å². The number of benzene rings is 1. The van der Waals surface area contributed by atoms with E-state index in [1.54, 1.807) is 0 Å². The number of rotatable bonds is 1. The summed E-state index contributed by atoms with van der Waals surface area (Å²) in [7, 11) is 1.99. The van der Waals surface area contributed by atoms with Crippen LogP contribution in [0.25, 0.3) is 10.9 Å². The first-order valence-electron chi connectivity index (χ1n) is 8.10. The number of hydrogen-bond donors (Lipinski definition) is 1. The van der Waals surface area contributed by atoms with Crippen LogP contribution in [0.2, 0.25) is 0 Å². The van der Waals surface area contributed by atoms with E-state index in [4.69, 9.17) is 5.73 Å². The Morgan fingerprint density at radius 3 is 2.70 bits per heavy atom. The summed E-state index contributed by atoms with van der Waals surface area (Å²) in [5.41, 5.74) is 10.4. The molecule has 1 atom stereocenters. The summed E-state index contributed by atoms with van der Waals surface area (Å²) in [6, 6.07) is 6.35. The van der Waals surface area contributed by atoms with Gasteiger partial charge in [-0.05, 0) is 37.8 Å². The summed E-state index contributed by atoms with van der Waals surface area (Å²) in [6.07, 6.45) is 3.16. The van der Waals surface area contributed by atoms with Crippen molar-refractivity contribution in [3.63, 3.8) is 0 Å². The van der Waals surface area contributed by atoms with Gasteiger partial charge in [0.15, 0.2) is 0 Å². The highest BCUT2D eigenvalue weighted by atomic mass is 35.5. The number of carbonyl (C=O) groups excluding carboxylic acids is 1. The van der Waals surface area contributed by atoms with Crippen LogP contribution in [0.1, 0.15) is 40.9 Å². The number of nitrogens with zero attached hydrogens (tertiary/aromatic N) is 2. The van der Waals surface area contributed by atoms with E-state index in [0.29, 0.717) is 6.54 Å². The maximum atomic E-state index is 13.1. The SMILES string of the molecule is Cc1c(C(=O)N2CCCCC(N)C2)n(C)c2c(C)cccc12.Cl. The van der Waals surface area contributed by atoms with Gasteiger partial charge in [-0.1, -0.05) is 24.6 Å². The predicted octanol–water partition coefficient (Wildman–Crippen LogP) is 3.17. The Kier molecular flexibility index (Phi) is 5.37. The van der Waals surface area contributed by atoms with Crippen molar-refractivity contribution in [2.75, 3.05) is 13.1 Å². The summed E-state index contributed by atoms with van der Waals surface area (Å²) >= 11 is 0. The number of halogens is 1. The summed E-state index contributed by atoms with van der Waals surface area (Å²) in [6.45, 7) is 5.62. The second-order valence-electron chi connectivity index (χ2n) is 6.51. The van der Waals surface area contributed by atoms with E-state index in [1.807, 2.05) is 18.9 Å². The van der Waals surface area contributed by atoms with Crippen LogP contribution < -0.4 is 5.73 Å². The van der Waals surface area contributed by atoms with Gasteiger partial charge < -0.3 is 15.2 Å². The third-order valence-corrected chi connectivity index (χ3v) is 4.87. The Balaban J connectivity index is 0.00000192. The fourth-order valence-corrected chi connectivity index (χ4v) is 3.71. The maximum absolute atomic E-state index is 13.1. The number of fused-ring (bicyclic) bond motifs is 1. The average molecular weight is 336 g/mol. The molecular formula is C18H26ClN3O. The van der Waals surface area contributed by atoms with Crippen molar-refractivity contribution < 1.29 is 4.79 Å². The Labute approximate surface area is 144 Å². The molecule has 0 saturated carbocycles. The largest absolute Gasteiger partial charge is 0.339 e. The number of hydrogen-bond acceptors (Lipinski definition) is 2. The van der Waals surface area contributed by atoms with Crippen molar-refractivity contribution >= 4 is 29.2 Å². The summed E-state index contributed by atoms with van der Waals surface area (Å²) in [5.74, 6) is 0.118. The van der Waals surface area contributed by atoms with Gasteiger partial charge in [-0.15, -0.1) is 12.4 Å². The molecule has 1 unspecified atom stereocenters. The topological polar surface area (TPSA) is 51.3 Å². The smallest absolute Gasteiger partial charge is 0.270 e. The zero-order chi connectivity index (χ0) is 15.9. The molecule has 1 amide bonds. The molecule has 126 valence electrons. The van der Waals surface area contributed by atoms with Crippen molar-refractivity contribution in [2.24, 2.45) is 12.8 Å². The molecule has 1 aliphatic rings. The van der Waals surface area contributed by atoms with Crippen molar-refractivity contribution in [2.45, 2.75) is 39.2 Å². The minimum absolute atomic E-state index is 0. The summed E-state index contributed by atoms with van der Waals surface area (Å²) in [4.78, 5) is 15.0. The summed E-state index contributed by atoms with van der Waals surface area (Å²) in [5, 5.41) is 1.17. The van der Waals surface area contributed by atoms with Crippen LogP contribution in [0.15, 0.2) is 18.2 Å². The van der Waals surface area contributed by atoms with Crippen molar-refractivity contribution in [3.8, 4) is 0 Å². The number of nitrogens with two attached hydrogens (primary N) is 1. The highest BCUT2D eigenvalue weighted by Gasteiger charge is 2.26. The van der Waals surface area contributed by atoms with E-state index >= 15 is 0 Å². The fourth-order valence-electron chi connectivity index (χ4n) is 3.71. The van der Waals surface area contributed by atoms with Crippen molar-refractivity contribution in [1.29, 1.82) is 0 Å². The van der Waals surface area contributed by atoms with Gasteiger partial charge in [-0.3, -0.25) is 4.79 Å². The van der Waals surface area contributed by atoms with Crippen molar-refractivity contribution in [3.05, 3.63) is 35.0 Å². The predicted molar refractivity (Wildman–Crippen MR) is 97.4 cm³/mol. The van der Waals surface area contributed by atoms with E-state index in [2.05, 4.69) is 29.7 Å². The molecule has 2 aromatic rings. The minimum Gasteiger partial charge on any atom is -0.339 e. The van der Waals surface area contributed by atoms with E-state index in [1.165, 1.54) is 10.9 Å². The molecule has 0 spiro atoms. The lowest BCUT2D eigenvalue weighted by Crippen LogP contribution is -2.40. The van der Waals surface area contributed by atoms with Gasteiger partial charge in [0.2, 0.25) is 0 Å².